The molecule has 3 saturated heterocycles. The van der Waals surface area contributed by atoms with Gasteiger partial charge in [0.2, 0.25) is 0 Å². The third-order valence-electron chi connectivity index (χ3n) is 9.86. The molecule has 4 aliphatic heterocycles. The lowest BCUT2D eigenvalue weighted by molar-refractivity contribution is -0.137. The Morgan fingerprint density at radius 3 is 2.72 bits per heavy atom. The van der Waals surface area contributed by atoms with Crippen LogP contribution in [0.4, 0.5) is 38.0 Å². The van der Waals surface area contributed by atoms with Gasteiger partial charge in [-0.3, -0.25) is 4.90 Å². The molecule has 4 atom stereocenters. The number of aryl methyl sites for hydroxylation is 1. The number of aromatic nitrogens is 3. The number of nitrogens with one attached hydrogen (secondary N) is 1. The minimum absolute atomic E-state index is 0.0211. The molecule has 3 aromatic rings. The molecule has 0 unspecified atom stereocenters. The quantitative estimate of drug-likeness (QED) is 0.314. The second kappa shape index (κ2) is 11.1. The molecule has 0 spiro atoms. The van der Waals surface area contributed by atoms with Gasteiger partial charge in [0.05, 0.1) is 45.4 Å². The fraction of sp³-hybridized carbons (Fsp3) is 0.581. The highest BCUT2D eigenvalue weighted by molar-refractivity contribution is 6.36. The van der Waals surface area contributed by atoms with Gasteiger partial charge in [-0.05, 0) is 51.3 Å². The van der Waals surface area contributed by atoms with Gasteiger partial charge in [-0.25, -0.2) is 18.2 Å². The average molecular weight is 686 g/mol. The van der Waals surface area contributed by atoms with Gasteiger partial charge in [-0.1, -0.05) is 18.5 Å². The van der Waals surface area contributed by atoms with Crippen molar-refractivity contribution in [1.82, 2.24) is 25.2 Å². The van der Waals surface area contributed by atoms with Crippen LogP contribution < -0.4 is 25.4 Å². The van der Waals surface area contributed by atoms with Crippen molar-refractivity contribution < 1.29 is 35.8 Å². The molecule has 2 aromatic heterocycles. The van der Waals surface area contributed by atoms with E-state index < -0.39 is 57.2 Å². The van der Waals surface area contributed by atoms with Crippen LogP contribution in [0.2, 0.25) is 5.02 Å². The molecule has 3 N–H and O–H groups in total. The summed E-state index contributed by atoms with van der Waals surface area (Å²) in [6.45, 7) is 5.59. The summed E-state index contributed by atoms with van der Waals surface area (Å²) in [6, 6.07) is 0.314. The summed E-state index contributed by atoms with van der Waals surface area (Å²) in [5.74, 6) is -4.22. The highest BCUT2D eigenvalue weighted by Gasteiger charge is 2.57. The predicted molar refractivity (Wildman–Crippen MR) is 164 cm³/mol. The van der Waals surface area contributed by atoms with Crippen LogP contribution in [0, 0.1) is 12.7 Å². The van der Waals surface area contributed by atoms with Gasteiger partial charge in [-0.2, -0.15) is 23.1 Å². The summed E-state index contributed by atoms with van der Waals surface area (Å²) in [5, 5.41) is 3.17. The smallest absolute Gasteiger partial charge is 0.418 e. The molecule has 0 amide bonds. The van der Waals surface area contributed by atoms with Gasteiger partial charge < -0.3 is 25.4 Å². The van der Waals surface area contributed by atoms with Crippen molar-refractivity contribution in [3.63, 3.8) is 0 Å². The number of ether oxygens (including phenoxy) is 2. The minimum atomic E-state index is -4.93. The van der Waals surface area contributed by atoms with Crippen LogP contribution in [0.5, 0.6) is 11.8 Å². The Morgan fingerprint density at radius 1 is 1.23 bits per heavy atom. The van der Waals surface area contributed by atoms with Crippen LogP contribution in [-0.4, -0.2) is 82.3 Å². The first-order valence-electron chi connectivity index (χ1n) is 15.6. The molecule has 0 radical (unpaired) electrons. The summed E-state index contributed by atoms with van der Waals surface area (Å²) in [7, 11) is 0. The highest BCUT2D eigenvalue weighted by atomic mass is 35.5. The van der Waals surface area contributed by atoms with Crippen molar-refractivity contribution in [2.24, 2.45) is 0 Å². The molecule has 0 saturated carbocycles. The Morgan fingerprint density at radius 2 is 2.00 bits per heavy atom. The monoisotopic (exact) mass is 685 g/mol. The third kappa shape index (κ3) is 5.28. The first-order valence-corrected chi connectivity index (χ1v) is 16.0. The molecule has 0 aliphatic carbocycles. The molecule has 7 rings (SSSR count). The van der Waals surface area contributed by atoms with E-state index in [1.807, 2.05) is 18.7 Å². The fourth-order valence-electron chi connectivity index (χ4n) is 7.94. The second-order valence-electron chi connectivity index (χ2n) is 13.2. The van der Waals surface area contributed by atoms with Gasteiger partial charge >= 0.3 is 12.2 Å². The van der Waals surface area contributed by atoms with E-state index in [9.17, 15) is 22.0 Å². The van der Waals surface area contributed by atoms with Gasteiger partial charge in [-0.15, -0.1) is 0 Å². The molecule has 47 heavy (non-hydrogen) atoms. The van der Waals surface area contributed by atoms with E-state index >= 15 is 4.39 Å². The van der Waals surface area contributed by atoms with E-state index in [0.29, 0.717) is 32.4 Å². The van der Waals surface area contributed by atoms with Crippen LogP contribution in [0.15, 0.2) is 6.07 Å². The Bertz CT molecular complexity index is 1760. The largest absolute Gasteiger partial charge is 0.489 e. The molecule has 3 fully saturated rings. The molecular weight excluding hydrogens is 652 g/mol. The maximum absolute atomic E-state index is 16.9. The van der Waals surface area contributed by atoms with E-state index in [1.54, 1.807) is 4.90 Å². The molecule has 6 heterocycles. The number of rotatable bonds is 5. The third-order valence-corrected chi connectivity index (χ3v) is 10.2. The van der Waals surface area contributed by atoms with Crippen molar-refractivity contribution in [3.8, 4) is 23.0 Å². The second-order valence-corrected chi connectivity index (χ2v) is 13.5. The number of anilines is 2. The minimum Gasteiger partial charge on any atom is -0.489 e. The number of alkyl halides is 5. The molecular formula is C31H34ClF6N7O2. The lowest BCUT2D eigenvalue weighted by Crippen LogP contribution is -2.63. The summed E-state index contributed by atoms with van der Waals surface area (Å²) in [5.41, 5.74) is 1.56. The van der Waals surface area contributed by atoms with E-state index in [4.69, 9.17) is 31.8 Å². The van der Waals surface area contributed by atoms with Gasteiger partial charge in [0, 0.05) is 25.0 Å². The number of hydrogen-bond acceptors (Lipinski definition) is 9. The van der Waals surface area contributed by atoms with Crippen LogP contribution in [-0.2, 0) is 6.18 Å². The number of fused-ring (bicyclic) bond motifs is 3. The zero-order valence-corrected chi connectivity index (χ0v) is 26.7. The summed E-state index contributed by atoms with van der Waals surface area (Å²) >= 11 is 6.79. The maximum Gasteiger partial charge on any atom is 0.418 e. The molecule has 254 valence electrons. The molecule has 1 aromatic carbocycles. The summed E-state index contributed by atoms with van der Waals surface area (Å²) in [6.07, 6.45) is -3.44. The topological polar surface area (TPSA) is 102 Å². The van der Waals surface area contributed by atoms with Crippen LogP contribution >= 0.6 is 11.6 Å². The number of hydrogen-bond donors (Lipinski definition) is 2. The number of halogens is 7. The lowest BCUT2D eigenvalue weighted by Gasteiger charge is -2.44. The van der Waals surface area contributed by atoms with E-state index in [-0.39, 0.29) is 72.2 Å². The first kappa shape index (κ1) is 32.3. The molecule has 9 nitrogen and oxygen atoms in total. The van der Waals surface area contributed by atoms with Gasteiger partial charge in [0.25, 0.3) is 5.92 Å². The highest BCUT2D eigenvalue weighted by Crippen LogP contribution is 2.51. The first-order chi connectivity index (χ1) is 22.1. The number of pyridine rings is 1. The van der Waals surface area contributed by atoms with Crippen molar-refractivity contribution in [1.29, 1.82) is 0 Å². The number of nitrogens with two attached hydrogens (primary N) is 1. The van der Waals surface area contributed by atoms with Crippen molar-refractivity contribution >= 4 is 34.1 Å². The average Bonchev–Trinajstić information content (AvgIpc) is 3.40. The van der Waals surface area contributed by atoms with Crippen molar-refractivity contribution in [2.45, 2.75) is 82.2 Å². The SMILES string of the molecule is CC[C@@H]1N[C@H](C)CN2c3nc(OC[C@]45CCCN4CC(F)(F)C5)nc4c(F)c(-c5nc(N)cc(C)c5C(F)(F)F)c(Cl)c(c34)OC[C@H]12. The molecule has 0 bridgehead atoms. The molecule has 4 aliphatic rings. The van der Waals surface area contributed by atoms with E-state index in [2.05, 4.69) is 15.3 Å². The zero-order valence-electron chi connectivity index (χ0n) is 25.9. The standard InChI is InChI=1S/C31H34ClF6N7O2/c1-4-16-17-10-46-26-20-25(23(33)19(22(26)32)24-21(31(36,37)38)14(2)8-18(39)41-24)42-28(43-27(20)45(17)9-15(3)40-16)47-13-29-6-5-7-44(29)12-30(34,35)11-29/h8,15-17,40H,4-7,9-13H2,1-3H3,(H2,39,41)/t15-,16+,17-,29-/m1/s1. The maximum atomic E-state index is 16.9. The number of nitrogens with zero attached hydrogens (tertiary/aromatic N) is 5. The number of nitrogen functional groups attached to an aromatic ring is 1. The number of piperazine rings is 1. The van der Waals surface area contributed by atoms with E-state index in [0.717, 1.165) is 6.07 Å². The lowest BCUT2D eigenvalue weighted by atomic mass is 9.94. The van der Waals surface area contributed by atoms with Crippen LogP contribution in [0.3, 0.4) is 0 Å². The van der Waals surface area contributed by atoms with E-state index in [1.165, 1.54) is 6.92 Å². The Labute approximate surface area is 271 Å². The van der Waals surface area contributed by atoms with Crippen molar-refractivity contribution in [3.05, 3.63) is 28.0 Å². The zero-order chi connectivity index (χ0) is 33.6. The van der Waals surface area contributed by atoms with Crippen molar-refractivity contribution in [2.75, 3.05) is 43.5 Å². The van der Waals surface area contributed by atoms with Crippen LogP contribution in [0.25, 0.3) is 22.2 Å². The Hall–Kier alpha value is -3.30. The predicted octanol–water partition coefficient (Wildman–Crippen LogP) is 5.98. The Balaban J connectivity index is 1.45. The normalized spacial score (nSPS) is 27.0. The summed E-state index contributed by atoms with van der Waals surface area (Å²) in [4.78, 5) is 16.6. The number of benzene rings is 1. The van der Waals surface area contributed by atoms with Gasteiger partial charge in [0.1, 0.15) is 30.4 Å². The Kier molecular flexibility index (Phi) is 7.63. The molecule has 16 heteroatoms. The van der Waals surface area contributed by atoms with Gasteiger partial charge in [0.15, 0.2) is 11.6 Å². The van der Waals surface area contributed by atoms with Crippen LogP contribution in [0.1, 0.15) is 50.7 Å². The fourth-order valence-corrected chi connectivity index (χ4v) is 8.27. The summed E-state index contributed by atoms with van der Waals surface area (Å²) < 4.78 is 101.